The first kappa shape index (κ1) is 19.7. The van der Waals surface area contributed by atoms with Crippen LogP contribution in [0.5, 0.6) is 0 Å². The van der Waals surface area contributed by atoms with Crippen molar-refractivity contribution in [3.05, 3.63) is 57.6 Å². The molecule has 8 heteroatoms. The summed E-state index contributed by atoms with van der Waals surface area (Å²) in [6.45, 7) is 5.22. The number of amides is 1. The van der Waals surface area contributed by atoms with Crippen molar-refractivity contribution < 1.29 is 13.2 Å². The number of halogens is 2. The number of aryl methyl sites for hydroxylation is 2. The van der Waals surface area contributed by atoms with Gasteiger partial charge in [0.15, 0.2) is 0 Å². The fourth-order valence-electron chi connectivity index (χ4n) is 2.14. The summed E-state index contributed by atoms with van der Waals surface area (Å²) in [7, 11) is -4.00. The van der Waals surface area contributed by atoms with E-state index in [-0.39, 0.29) is 14.9 Å². The van der Waals surface area contributed by atoms with Gasteiger partial charge in [-0.3, -0.25) is 4.79 Å². The summed E-state index contributed by atoms with van der Waals surface area (Å²) in [5.41, 5.74) is 2.50. The largest absolute Gasteiger partial charge is 0.324 e. The van der Waals surface area contributed by atoms with Crippen LogP contribution in [0.4, 0.5) is 5.69 Å². The van der Waals surface area contributed by atoms with E-state index in [9.17, 15) is 13.2 Å². The maximum absolute atomic E-state index is 12.5. The monoisotopic (exact) mass is 400 g/mol. The highest BCUT2D eigenvalue weighted by molar-refractivity contribution is 7.89. The molecule has 0 saturated heterocycles. The molecule has 0 aliphatic heterocycles. The maximum atomic E-state index is 12.5. The molecule has 2 aromatic carbocycles. The van der Waals surface area contributed by atoms with Crippen LogP contribution in [0.2, 0.25) is 10.0 Å². The third-order valence-corrected chi connectivity index (χ3v) is 5.82. The molecule has 0 fully saturated rings. The van der Waals surface area contributed by atoms with Crippen molar-refractivity contribution in [2.45, 2.75) is 31.7 Å². The van der Waals surface area contributed by atoms with E-state index in [1.54, 1.807) is 0 Å². The van der Waals surface area contributed by atoms with Crippen molar-refractivity contribution in [3.63, 3.8) is 0 Å². The van der Waals surface area contributed by atoms with Gasteiger partial charge in [0, 0.05) is 10.7 Å². The molecule has 0 aliphatic rings. The zero-order valence-electron chi connectivity index (χ0n) is 13.9. The van der Waals surface area contributed by atoms with E-state index < -0.39 is 22.0 Å². The molecular formula is C17H18Cl2N2O3S. The second-order valence-corrected chi connectivity index (χ2v) is 8.25. The van der Waals surface area contributed by atoms with E-state index in [0.717, 1.165) is 11.1 Å². The Balaban J connectivity index is 2.17. The lowest BCUT2D eigenvalue weighted by Crippen LogP contribution is -2.41. The summed E-state index contributed by atoms with van der Waals surface area (Å²) in [5.74, 6) is -0.476. The zero-order chi connectivity index (χ0) is 18.8. The number of rotatable bonds is 5. The number of carbonyl (C=O) groups is 1. The molecule has 1 amide bonds. The van der Waals surface area contributed by atoms with Gasteiger partial charge in [-0.15, -0.1) is 0 Å². The van der Waals surface area contributed by atoms with Gasteiger partial charge in [0.2, 0.25) is 15.9 Å². The van der Waals surface area contributed by atoms with Crippen LogP contribution >= 0.6 is 23.2 Å². The number of hydrogen-bond acceptors (Lipinski definition) is 3. The molecule has 0 bridgehead atoms. The Morgan fingerprint density at radius 3 is 2.44 bits per heavy atom. The number of benzene rings is 2. The third-order valence-electron chi connectivity index (χ3n) is 3.56. The van der Waals surface area contributed by atoms with Gasteiger partial charge in [-0.1, -0.05) is 35.3 Å². The van der Waals surface area contributed by atoms with Crippen LogP contribution in [-0.4, -0.2) is 20.4 Å². The normalized spacial score (nSPS) is 12.7. The Hall–Kier alpha value is -1.60. The lowest BCUT2D eigenvalue weighted by atomic mass is 10.1. The number of anilines is 1. The lowest BCUT2D eigenvalue weighted by Gasteiger charge is -2.16. The molecule has 2 aromatic rings. The molecule has 1 unspecified atom stereocenters. The smallest absolute Gasteiger partial charge is 0.242 e. The molecule has 0 radical (unpaired) electrons. The van der Waals surface area contributed by atoms with Gasteiger partial charge in [-0.25, -0.2) is 8.42 Å². The van der Waals surface area contributed by atoms with Crippen molar-refractivity contribution in [2.75, 3.05) is 5.32 Å². The summed E-state index contributed by atoms with van der Waals surface area (Å²) in [6, 6.07) is 8.74. The number of nitrogens with one attached hydrogen (secondary N) is 2. The quantitative estimate of drug-likeness (QED) is 0.798. The van der Waals surface area contributed by atoms with Gasteiger partial charge < -0.3 is 5.32 Å². The van der Waals surface area contributed by atoms with Crippen LogP contribution in [0.15, 0.2) is 41.3 Å². The molecule has 0 saturated carbocycles. The van der Waals surface area contributed by atoms with Crippen LogP contribution in [0.3, 0.4) is 0 Å². The first-order valence-corrected chi connectivity index (χ1v) is 9.69. The molecule has 0 aromatic heterocycles. The summed E-state index contributed by atoms with van der Waals surface area (Å²) < 4.78 is 27.2. The maximum Gasteiger partial charge on any atom is 0.242 e. The van der Waals surface area contributed by atoms with Crippen molar-refractivity contribution in [3.8, 4) is 0 Å². The minimum absolute atomic E-state index is 0.0269. The van der Waals surface area contributed by atoms with Gasteiger partial charge in [-0.2, -0.15) is 4.72 Å². The molecule has 2 N–H and O–H groups in total. The average Bonchev–Trinajstić information content (AvgIpc) is 2.52. The van der Waals surface area contributed by atoms with Crippen LogP contribution in [0.1, 0.15) is 18.1 Å². The van der Waals surface area contributed by atoms with Crippen molar-refractivity contribution >= 4 is 44.8 Å². The molecular weight excluding hydrogens is 383 g/mol. The van der Waals surface area contributed by atoms with Crippen LogP contribution in [-0.2, 0) is 14.8 Å². The summed E-state index contributed by atoms with van der Waals surface area (Å²) in [5, 5.41) is 2.99. The van der Waals surface area contributed by atoms with E-state index in [0.29, 0.717) is 5.69 Å². The molecule has 0 spiro atoms. The second kappa shape index (κ2) is 7.74. The predicted octanol–water partition coefficient (Wildman–Crippen LogP) is 3.92. The van der Waals surface area contributed by atoms with Gasteiger partial charge in [0.25, 0.3) is 0 Å². The van der Waals surface area contributed by atoms with Crippen LogP contribution in [0, 0.1) is 13.8 Å². The van der Waals surface area contributed by atoms with E-state index in [4.69, 9.17) is 23.2 Å². The first-order chi connectivity index (χ1) is 11.6. The Labute approximate surface area is 157 Å². The Bertz CT molecular complexity index is 914. The standard InChI is InChI=1S/C17H18Cl2N2O3S/c1-10-4-5-11(2)15(8-10)20-17(22)12(3)21-25(23,24)16-9-13(18)6-7-14(16)19/h4-9,12,21H,1-3H3,(H,20,22). The van der Waals surface area contributed by atoms with E-state index in [1.807, 2.05) is 32.0 Å². The lowest BCUT2D eigenvalue weighted by molar-refractivity contribution is -0.117. The van der Waals surface area contributed by atoms with Gasteiger partial charge in [-0.05, 0) is 56.2 Å². The van der Waals surface area contributed by atoms with Gasteiger partial charge >= 0.3 is 0 Å². The SMILES string of the molecule is Cc1ccc(C)c(NC(=O)C(C)NS(=O)(=O)c2cc(Cl)ccc2Cl)c1. The molecule has 2 rings (SSSR count). The van der Waals surface area contributed by atoms with E-state index >= 15 is 0 Å². The highest BCUT2D eigenvalue weighted by Crippen LogP contribution is 2.25. The molecule has 1 atom stereocenters. The van der Waals surface area contributed by atoms with E-state index in [1.165, 1.54) is 25.1 Å². The van der Waals surface area contributed by atoms with Crippen molar-refractivity contribution in [1.82, 2.24) is 4.72 Å². The number of carbonyl (C=O) groups excluding carboxylic acids is 1. The molecule has 0 aliphatic carbocycles. The minimum atomic E-state index is -4.00. The van der Waals surface area contributed by atoms with Gasteiger partial charge in [0.05, 0.1) is 11.1 Å². The molecule has 5 nitrogen and oxygen atoms in total. The zero-order valence-corrected chi connectivity index (χ0v) is 16.3. The first-order valence-electron chi connectivity index (χ1n) is 7.45. The van der Waals surface area contributed by atoms with Gasteiger partial charge in [0.1, 0.15) is 4.90 Å². The molecule has 25 heavy (non-hydrogen) atoms. The average molecular weight is 401 g/mol. The van der Waals surface area contributed by atoms with Crippen LogP contribution < -0.4 is 10.0 Å². The Morgan fingerprint density at radius 1 is 1.08 bits per heavy atom. The molecule has 134 valence electrons. The topological polar surface area (TPSA) is 75.3 Å². The number of sulfonamides is 1. The predicted molar refractivity (Wildman–Crippen MR) is 101 cm³/mol. The highest BCUT2D eigenvalue weighted by atomic mass is 35.5. The van der Waals surface area contributed by atoms with Crippen molar-refractivity contribution in [2.24, 2.45) is 0 Å². The summed E-state index contributed by atoms with van der Waals surface area (Å²) >= 11 is 11.8. The fraction of sp³-hybridized carbons (Fsp3) is 0.235. The fourth-order valence-corrected chi connectivity index (χ4v) is 4.11. The third kappa shape index (κ3) is 4.95. The Kier molecular flexibility index (Phi) is 6.11. The Morgan fingerprint density at radius 2 is 1.76 bits per heavy atom. The van der Waals surface area contributed by atoms with E-state index in [2.05, 4.69) is 10.0 Å². The molecule has 0 heterocycles. The second-order valence-electron chi connectivity index (χ2n) is 5.73. The minimum Gasteiger partial charge on any atom is -0.324 e. The van der Waals surface area contributed by atoms with Crippen molar-refractivity contribution in [1.29, 1.82) is 0 Å². The number of hydrogen-bond donors (Lipinski definition) is 2. The summed E-state index contributed by atoms with van der Waals surface area (Å²) in [6.07, 6.45) is 0. The highest BCUT2D eigenvalue weighted by Gasteiger charge is 2.24. The van der Waals surface area contributed by atoms with Crippen LogP contribution in [0.25, 0.3) is 0 Å². The summed E-state index contributed by atoms with van der Waals surface area (Å²) in [4.78, 5) is 12.2.